The maximum Gasteiger partial charge on any atom is 0.408 e. The number of ether oxygens (including phenoxy) is 1. The van der Waals surface area contributed by atoms with Gasteiger partial charge in [0.05, 0.1) is 6.04 Å². The Hall–Kier alpha value is -3.75. The van der Waals surface area contributed by atoms with Crippen molar-refractivity contribution in [2.24, 2.45) is 11.8 Å². The molecule has 8 nitrogen and oxygen atoms in total. The number of carbonyl (C=O) groups is 4. The van der Waals surface area contributed by atoms with Gasteiger partial charge in [-0.2, -0.15) is 0 Å². The monoisotopic (exact) mass is 537 g/mol. The SMILES string of the molecule is CC(C)CC(NC(=O)OC(c1ccccc1)C1(c2cccc(F)c2)CC1)C(=O)NC(C=O)CC1CCNC1=O. The van der Waals surface area contributed by atoms with Crippen molar-refractivity contribution < 1.29 is 28.3 Å². The van der Waals surface area contributed by atoms with Crippen LogP contribution in [-0.4, -0.2) is 42.8 Å². The van der Waals surface area contributed by atoms with Crippen molar-refractivity contribution in [3.63, 3.8) is 0 Å². The third-order valence-electron chi connectivity index (χ3n) is 7.53. The van der Waals surface area contributed by atoms with Gasteiger partial charge in [-0.3, -0.25) is 9.59 Å². The van der Waals surface area contributed by atoms with Gasteiger partial charge in [-0.25, -0.2) is 9.18 Å². The molecule has 3 N–H and O–H groups in total. The van der Waals surface area contributed by atoms with Crippen LogP contribution in [0.25, 0.3) is 0 Å². The van der Waals surface area contributed by atoms with Crippen LogP contribution < -0.4 is 16.0 Å². The minimum Gasteiger partial charge on any atom is -0.440 e. The van der Waals surface area contributed by atoms with Crippen LogP contribution >= 0.6 is 0 Å². The Bertz CT molecular complexity index is 1180. The van der Waals surface area contributed by atoms with E-state index in [9.17, 15) is 23.6 Å². The first-order valence-corrected chi connectivity index (χ1v) is 13.5. The van der Waals surface area contributed by atoms with Crippen molar-refractivity contribution in [2.75, 3.05) is 6.54 Å². The zero-order valence-electron chi connectivity index (χ0n) is 22.3. The lowest BCUT2D eigenvalue weighted by Crippen LogP contribution is -2.51. The van der Waals surface area contributed by atoms with Gasteiger partial charge in [-0.1, -0.05) is 56.3 Å². The Kier molecular flexibility index (Phi) is 8.99. The molecular formula is C30H36FN3O5. The summed E-state index contributed by atoms with van der Waals surface area (Å²) in [4.78, 5) is 50.1. The molecule has 0 spiro atoms. The maximum atomic E-state index is 14.1. The van der Waals surface area contributed by atoms with Crippen LogP contribution in [0.4, 0.5) is 9.18 Å². The van der Waals surface area contributed by atoms with E-state index in [1.807, 2.05) is 50.2 Å². The van der Waals surface area contributed by atoms with E-state index in [1.165, 1.54) is 12.1 Å². The molecule has 4 rings (SSSR count). The molecule has 0 radical (unpaired) electrons. The molecule has 2 fully saturated rings. The van der Waals surface area contributed by atoms with Gasteiger partial charge in [-0.15, -0.1) is 0 Å². The van der Waals surface area contributed by atoms with Gasteiger partial charge in [0.15, 0.2) is 0 Å². The molecule has 2 aromatic rings. The summed E-state index contributed by atoms with van der Waals surface area (Å²) < 4.78 is 20.1. The van der Waals surface area contributed by atoms with Crippen molar-refractivity contribution in [1.29, 1.82) is 0 Å². The number of halogens is 1. The summed E-state index contributed by atoms with van der Waals surface area (Å²) in [5, 5.41) is 8.12. The third-order valence-corrected chi connectivity index (χ3v) is 7.53. The molecule has 4 atom stereocenters. The van der Waals surface area contributed by atoms with E-state index in [2.05, 4.69) is 16.0 Å². The number of hydrogen-bond donors (Lipinski definition) is 3. The molecule has 1 aliphatic heterocycles. The molecule has 0 bridgehead atoms. The largest absolute Gasteiger partial charge is 0.440 e. The van der Waals surface area contributed by atoms with Crippen molar-refractivity contribution in [3.8, 4) is 0 Å². The molecule has 9 heteroatoms. The van der Waals surface area contributed by atoms with Crippen LogP contribution in [0.15, 0.2) is 54.6 Å². The molecular weight excluding hydrogens is 501 g/mol. The fourth-order valence-corrected chi connectivity index (χ4v) is 5.36. The molecule has 1 aliphatic carbocycles. The predicted molar refractivity (Wildman–Crippen MR) is 143 cm³/mol. The summed E-state index contributed by atoms with van der Waals surface area (Å²) in [5.74, 6) is -1.28. The fourth-order valence-electron chi connectivity index (χ4n) is 5.36. The second kappa shape index (κ2) is 12.4. The summed E-state index contributed by atoms with van der Waals surface area (Å²) >= 11 is 0. The van der Waals surface area contributed by atoms with Crippen molar-refractivity contribution in [1.82, 2.24) is 16.0 Å². The second-order valence-corrected chi connectivity index (χ2v) is 11.0. The van der Waals surface area contributed by atoms with Gasteiger partial charge in [-0.05, 0) is 61.3 Å². The average Bonchev–Trinajstić information content (AvgIpc) is 3.62. The van der Waals surface area contributed by atoms with E-state index in [-0.39, 0.29) is 30.0 Å². The minimum absolute atomic E-state index is 0.0586. The number of amides is 3. The Balaban J connectivity index is 1.49. The molecule has 4 unspecified atom stereocenters. The molecule has 3 amide bonds. The smallest absolute Gasteiger partial charge is 0.408 e. The van der Waals surface area contributed by atoms with Crippen LogP contribution in [0.2, 0.25) is 0 Å². The third kappa shape index (κ3) is 7.02. The molecule has 2 aromatic carbocycles. The van der Waals surface area contributed by atoms with Crippen molar-refractivity contribution in [2.45, 2.75) is 69.6 Å². The predicted octanol–water partition coefficient (Wildman–Crippen LogP) is 3.95. The van der Waals surface area contributed by atoms with Gasteiger partial charge >= 0.3 is 6.09 Å². The zero-order chi connectivity index (χ0) is 28.0. The highest BCUT2D eigenvalue weighted by Gasteiger charge is 2.53. The Morgan fingerprint density at radius 3 is 2.46 bits per heavy atom. The number of hydrogen-bond acceptors (Lipinski definition) is 5. The Morgan fingerprint density at radius 2 is 1.87 bits per heavy atom. The van der Waals surface area contributed by atoms with E-state index in [0.717, 1.165) is 24.0 Å². The quantitative estimate of drug-likeness (QED) is 0.355. The number of alkyl carbamates (subject to hydrolysis) is 1. The summed E-state index contributed by atoms with van der Waals surface area (Å²) in [6.07, 6.45) is 1.72. The Labute approximate surface area is 228 Å². The molecule has 1 saturated heterocycles. The fraction of sp³-hybridized carbons (Fsp3) is 0.467. The first kappa shape index (κ1) is 28.3. The van der Waals surface area contributed by atoms with E-state index in [4.69, 9.17) is 4.74 Å². The van der Waals surface area contributed by atoms with Crippen LogP contribution in [0.3, 0.4) is 0 Å². The number of nitrogens with one attached hydrogen (secondary N) is 3. The minimum atomic E-state index is -0.946. The molecule has 39 heavy (non-hydrogen) atoms. The Morgan fingerprint density at radius 1 is 1.13 bits per heavy atom. The normalized spacial score (nSPS) is 19.9. The van der Waals surface area contributed by atoms with Gasteiger partial charge in [0, 0.05) is 17.9 Å². The summed E-state index contributed by atoms with van der Waals surface area (Å²) in [6, 6.07) is 13.8. The highest BCUT2D eigenvalue weighted by molar-refractivity contribution is 5.88. The van der Waals surface area contributed by atoms with Crippen LogP contribution in [0, 0.1) is 17.7 Å². The van der Waals surface area contributed by atoms with E-state index in [0.29, 0.717) is 25.7 Å². The second-order valence-electron chi connectivity index (χ2n) is 11.0. The number of aldehydes is 1. The number of carbonyl (C=O) groups excluding carboxylic acids is 4. The molecule has 0 aromatic heterocycles. The number of rotatable bonds is 12. The lowest BCUT2D eigenvalue weighted by Gasteiger charge is -2.29. The standard InChI is InChI=1S/C30H36FN3O5/c1-19(2)15-25(28(37)33-24(18-35)16-21-11-14-32-27(21)36)34-29(38)39-26(20-7-4-3-5-8-20)30(12-13-30)22-9-6-10-23(31)17-22/h3-10,17-19,21,24-26H,11-16H2,1-2H3,(H,32,36)(H,33,37)(H,34,38). The highest BCUT2D eigenvalue weighted by Crippen LogP contribution is 2.58. The lowest BCUT2D eigenvalue weighted by atomic mass is 9.86. The van der Waals surface area contributed by atoms with Crippen molar-refractivity contribution >= 4 is 24.2 Å². The lowest BCUT2D eigenvalue weighted by molar-refractivity contribution is -0.127. The first-order valence-electron chi connectivity index (χ1n) is 13.5. The van der Waals surface area contributed by atoms with E-state index in [1.54, 1.807) is 6.07 Å². The van der Waals surface area contributed by atoms with Gasteiger partial charge in [0.2, 0.25) is 11.8 Å². The van der Waals surface area contributed by atoms with Crippen LogP contribution in [0.5, 0.6) is 0 Å². The van der Waals surface area contributed by atoms with Gasteiger partial charge < -0.3 is 25.5 Å². The summed E-state index contributed by atoms with van der Waals surface area (Å²) in [7, 11) is 0. The summed E-state index contributed by atoms with van der Waals surface area (Å²) in [6.45, 7) is 4.39. The van der Waals surface area contributed by atoms with E-state index >= 15 is 0 Å². The first-order chi connectivity index (χ1) is 18.7. The molecule has 2 aliphatic rings. The average molecular weight is 538 g/mol. The van der Waals surface area contributed by atoms with Gasteiger partial charge in [0.25, 0.3) is 0 Å². The molecule has 208 valence electrons. The molecule has 1 saturated carbocycles. The maximum absolute atomic E-state index is 14.1. The van der Waals surface area contributed by atoms with Gasteiger partial charge in [0.1, 0.15) is 24.2 Å². The topological polar surface area (TPSA) is 114 Å². The number of benzene rings is 2. The van der Waals surface area contributed by atoms with E-state index < -0.39 is 35.6 Å². The molecule has 1 heterocycles. The van der Waals surface area contributed by atoms with Crippen LogP contribution in [0.1, 0.15) is 63.2 Å². The van der Waals surface area contributed by atoms with Crippen molar-refractivity contribution in [3.05, 3.63) is 71.5 Å². The highest BCUT2D eigenvalue weighted by atomic mass is 19.1. The summed E-state index contributed by atoms with van der Waals surface area (Å²) in [5.41, 5.74) is 0.960. The van der Waals surface area contributed by atoms with Crippen LogP contribution in [-0.2, 0) is 24.5 Å². The zero-order valence-corrected chi connectivity index (χ0v) is 22.3.